The van der Waals surface area contributed by atoms with Crippen molar-refractivity contribution >= 4 is 17.7 Å². The van der Waals surface area contributed by atoms with Crippen molar-refractivity contribution in [1.82, 2.24) is 5.32 Å². The van der Waals surface area contributed by atoms with Crippen molar-refractivity contribution in [2.75, 3.05) is 11.4 Å². The third kappa shape index (κ3) is 2.77. The minimum atomic E-state index is -0.841. The van der Waals surface area contributed by atoms with Gasteiger partial charge in [-0.25, -0.2) is 4.79 Å². The van der Waals surface area contributed by atoms with Gasteiger partial charge in [-0.3, -0.25) is 9.69 Å². The van der Waals surface area contributed by atoms with Crippen LogP contribution in [0.15, 0.2) is 36.4 Å². The molecule has 3 rings (SSSR count). The standard InChI is InChI=1S/C16H18N2O3/c19-15(20)12-7-8-13(10-12)17-16(21)18-9-3-5-11-4-1-2-6-14(11)18/h1-2,4,6-8,12-13H,3,5,9-10H2,(H,17,21)(H,19,20). The number of rotatable bonds is 2. The van der Waals surface area contributed by atoms with E-state index in [9.17, 15) is 9.59 Å². The van der Waals surface area contributed by atoms with Crippen molar-refractivity contribution in [3.8, 4) is 0 Å². The largest absolute Gasteiger partial charge is 0.481 e. The van der Waals surface area contributed by atoms with Crippen LogP contribution in [0.5, 0.6) is 0 Å². The number of anilines is 1. The predicted molar refractivity (Wildman–Crippen MR) is 79.3 cm³/mol. The summed E-state index contributed by atoms with van der Waals surface area (Å²) < 4.78 is 0. The second-order valence-electron chi connectivity index (χ2n) is 5.51. The lowest BCUT2D eigenvalue weighted by Crippen LogP contribution is -2.46. The van der Waals surface area contributed by atoms with Crippen molar-refractivity contribution in [3.63, 3.8) is 0 Å². The van der Waals surface area contributed by atoms with Crippen LogP contribution < -0.4 is 10.2 Å². The van der Waals surface area contributed by atoms with Gasteiger partial charge in [-0.2, -0.15) is 0 Å². The topological polar surface area (TPSA) is 69.6 Å². The van der Waals surface area contributed by atoms with Gasteiger partial charge in [0.2, 0.25) is 0 Å². The Hall–Kier alpha value is -2.30. The number of hydrogen-bond donors (Lipinski definition) is 2. The van der Waals surface area contributed by atoms with Crippen molar-refractivity contribution < 1.29 is 14.7 Å². The Kier molecular flexibility index (Phi) is 3.64. The van der Waals surface area contributed by atoms with Crippen molar-refractivity contribution in [1.29, 1.82) is 0 Å². The minimum absolute atomic E-state index is 0.150. The first kappa shape index (κ1) is 13.7. The SMILES string of the molecule is O=C(O)C1C=CC(NC(=O)N2CCCc3ccccc32)C1. The third-order valence-electron chi connectivity index (χ3n) is 4.07. The maximum atomic E-state index is 12.4. The Bertz CT molecular complexity index is 597. The highest BCUT2D eigenvalue weighted by Gasteiger charge is 2.28. The quantitative estimate of drug-likeness (QED) is 0.819. The molecule has 5 nitrogen and oxygen atoms in total. The Labute approximate surface area is 123 Å². The number of nitrogens with zero attached hydrogens (tertiary/aromatic N) is 1. The molecule has 0 aromatic heterocycles. The predicted octanol–water partition coefficient (Wildman–Crippen LogP) is 2.18. The van der Waals surface area contributed by atoms with Crippen molar-refractivity contribution in [3.05, 3.63) is 42.0 Å². The second kappa shape index (κ2) is 5.60. The van der Waals surface area contributed by atoms with Crippen LogP contribution >= 0.6 is 0 Å². The van der Waals surface area contributed by atoms with Crippen LogP contribution in [0.25, 0.3) is 0 Å². The highest BCUT2D eigenvalue weighted by Crippen LogP contribution is 2.27. The van der Waals surface area contributed by atoms with Crippen molar-refractivity contribution in [2.24, 2.45) is 5.92 Å². The van der Waals surface area contributed by atoms with E-state index in [0.717, 1.165) is 18.5 Å². The summed E-state index contributed by atoms with van der Waals surface area (Å²) in [6.07, 6.45) is 5.79. The number of fused-ring (bicyclic) bond motifs is 1. The zero-order valence-corrected chi connectivity index (χ0v) is 11.7. The van der Waals surface area contributed by atoms with Crippen LogP contribution in [0, 0.1) is 5.92 Å². The van der Waals surface area contributed by atoms with Crippen molar-refractivity contribution in [2.45, 2.75) is 25.3 Å². The fourth-order valence-corrected chi connectivity index (χ4v) is 2.97. The second-order valence-corrected chi connectivity index (χ2v) is 5.51. The zero-order valence-electron chi connectivity index (χ0n) is 11.7. The molecule has 0 saturated heterocycles. The van der Waals surface area contributed by atoms with Gasteiger partial charge >= 0.3 is 12.0 Å². The molecule has 2 unspecified atom stereocenters. The number of aliphatic carboxylic acids is 1. The number of urea groups is 1. The molecule has 1 aromatic rings. The van der Waals surface area contributed by atoms with Gasteiger partial charge in [-0.05, 0) is 30.9 Å². The molecule has 0 spiro atoms. The number of carbonyl (C=O) groups is 2. The smallest absolute Gasteiger partial charge is 0.322 e. The monoisotopic (exact) mass is 286 g/mol. The highest BCUT2D eigenvalue weighted by molar-refractivity contribution is 5.93. The van der Waals surface area contributed by atoms with Gasteiger partial charge in [-0.15, -0.1) is 0 Å². The molecule has 2 N–H and O–H groups in total. The molecule has 2 atom stereocenters. The summed E-state index contributed by atoms with van der Waals surface area (Å²) in [4.78, 5) is 25.1. The summed E-state index contributed by atoms with van der Waals surface area (Å²) in [5, 5.41) is 11.9. The normalized spacial score (nSPS) is 23.7. The summed E-state index contributed by atoms with van der Waals surface area (Å²) >= 11 is 0. The Balaban J connectivity index is 1.68. The first-order valence-electron chi connectivity index (χ1n) is 7.22. The van der Waals surface area contributed by atoms with Gasteiger partial charge in [0.25, 0.3) is 0 Å². The molecular weight excluding hydrogens is 268 g/mol. The number of carbonyl (C=O) groups excluding carboxylic acids is 1. The van der Waals surface area contributed by atoms with Gasteiger partial charge in [0.1, 0.15) is 0 Å². The first-order valence-corrected chi connectivity index (χ1v) is 7.22. The molecule has 1 heterocycles. The fraction of sp³-hybridized carbons (Fsp3) is 0.375. The molecule has 1 aromatic carbocycles. The minimum Gasteiger partial charge on any atom is -0.481 e. The Morgan fingerprint density at radius 2 is 2.05 bits per heavy atom. The molecule has 2 aliphatic rings. The number of aryl methyl sites for hydroxylation is 1. The summed E-state index contributed by atoms with van der Waals surface area (Å²) in [6.45, 7) is 0.696. The van der Waals surface area contributed by atoms with Crippen LogP contribution in [0.2, 0.25) is 0 Å². The lowest BCUT2D eigenvalue weighted by molar-refractivity contribution is -0.140. The summed E-state index contributed by atoms with van der Waals surface area (Å²) in [7, 11) is 0. The average Bonchev–Trinajstić information content (AvgIpc) is 2.95. The van der Waals surface area contributed by atoms with Crippen LogP contribution in [0.4, 0.5) is 10.5 Å². The zero-order chi connectivity index (χ0) is 14.8. The molecule has 1 aliphatic carbocycles. The van der Waals surface area contributed by atoms with Gasteiger partial charge in [-0.1, -0.05) is 30.4 Å². The maximum absolute atomic E-state index is 12.4. The maximum Gasteiger partial charge on any atom is 0.322 e. The number of carboxylic acid groups (broad SMARTS) is 1. The first-order chi connectivity index (χ1) is 10.1. The third-order valence-corrected chi connectivity index (χ3v) is 4.07. The van der Waals surface area contributed by atoms with Crippen LogP contribution in [0.3, 0.4) is 0 Å². The molecule has 0 saturated carbocycles. The van der Waals surface area contributed by atoms with Gasteiger partial charge in [0.05, 0.1) is 12.0 Å². The number of nitrogens with one attached hydrogen (secondary N) is 1. The van der Waals surface area contributed by atoms with Crippen LogP contribution in [-0.2, 0) is 11.2 Å². The fourth-order valence-electron chi connectivity index (χ4n) is 2.97. The number of benzene rings is 1. The van der Waals surface area contributed by atoms with Crippen LogP contribution in [-0.4, -0.2) is 29.7 Å². The Morgan fingerprint density at radius 1 is 1.24 bits per heavy atom. The summed E-state index contributed by atoms with van der Waals surface area (Å²) in [5.74, 6) is -1.34. The Morgan fingerprint density at radius 3 is 2.81 bits per heavy atom. The van der Waals surface area contributed by atoms with Gasteiger partial charge in [0, 0.05) is 12.2 Å². The molecule has 5 heteroatoms. The lowest BCUT2D eigenvalue weighted by atomic mass is 10.0. The molecular formula is C16H18N2O3. The molecule has 1 aliphatic heterocycles. The number of hydrogen-bond acceptors (Lipinski definition) is 2. The van der Waals surface area contributed by atoms with E-state index in [4.69, 9.17) is 5.11 Å². The summed E-state index contributed by atoms with van der Waals surface area (Å²) in [5.41, 5.74) is 2.14. The van der Waals surface area contributed by atoms with E-state index >= 15 is 0 Å². The van der Waals surface area contributed by atoms with E-state index in [-0.39, 0.29) is 12.1 Å². The van der Waals surface area contributed by atoms with Gasteiger partial charge < -0.3 is 10.4 Å². The number of carboxylic acids is 1. The summed E-state index contributed by atoms with van der Waals surface area (Å²) in [6, 6.07) is 7.57. The lowest BCUT2D eigenvalue weighted by Gasteiger charge is -2.30. The van der Waals surface area contributed by atoms with Gasteiger partial charge in [0.15, 0.2) is 0 Å². The van der Waals surface area contributed by atoms with E-state index in [1.54, 1.807) is 17.1 Å². The van der Waals surface area contributed by atoms with E-state index in [1.807, 2.05) is 24.3 Å². The molecule has 0 fully saturated rings. The van der Waals surface area contributed by atoms with Crippen LogP contribution in [0.1, 0.15) is 18.4 Å². The van der Waals surface area contributed by atoms with E-state index < -0.39 is 11.9 Å². The molecule has 0 bridgehead atoms. The van der Waals surface area contributed by atoms with E-state index in [1.165, 1.54) is 5.56 Å². The molecule has 0 radical (unpaired) electrons. The number of amides is 2. The molecule has 2 amide bonds. The highest BCUT2D eigenvalue weighted by atomic mass is 16.4. The van der Waals surface area contributed by atoms with E-state index in [2.05, 4.69) is 5.32 Å². The average molecular weight is 286 g/mol. The number of para-hydroxylation sites is 1. The molecule has 110 valence electrons. The van der Waals surface area contributed by atoms with E-state index in [0.29, 0.717) is 13.0 Å². The molecule has 21 heavy (non-hydrogen) atoms.